The zero-order valence-electron chi connectivity index (χ0n) is 19.5. The molecule has 0 aliphatic carbocycles. The maximum atomic E-state index is 14.7. The van der Waals surface area contributed by atoms with Gasteiger partial charge in [0.1, 0.15) is 5.82 Å². The van der Waals surface area contributed by atoms with Crippen molar-refractivity contribution >= 4 is 5.83 Å². The lowest BCUT2D eigenvalue weighted by molar-refractivity contribution is 0.156. The third-order valence-electron chi connectivity index (χ3n) is 5.61. The monoisotopic (exact) mass is 514 g/mol. The molecule has 0 unspecified atom stereocenters. The number of nitrogens with zero attached hydrogens (tertiary/aromatic N) is 2. The van der Waals surface area contributed by atoms with Crippen LogP contribution in [0, 0.1) is 23.3 Å². The lowest BCUT2D eigenvalue weighted by atomic mass is 10.0. The maximum Gasteiger partial charge on any atom is 0.309 e. The number of hydrogen-bond acceptors (Lipinski definition) is 3. The van der Waals surface area contributed by atoms with E-state index in [4.69, 9.17) is 0 Å². The second kappa shape index (κ2) is 11.3. The molecule has 3 aromatic carbocycles. The highest BCUT2D eigenvalue weighted by atomic mass is 19.2. The molecule has 4 rings (SSSR count). The lowest BCUT2D eigenvalue weighted by Crippen LogP contribution is -1.99. The van der Waals surface area contributed by atoms with Crippen LogP contribution < -0.4 is 0 Å². The van der Waals surface area contributed by atoms with Gasteiger partial charge in [-0.25, -0.2) is 27.5 Å². The van der Waals surface area contributed by atoms with E-state index in [0.29, 0.717) is 22.3 Å². The summed E-state index contributed by atoms with van der Waals surface area (Å²) in [6.45, 7) is 1.55. The molecule has 0 bridgehead atoms. The minimum Gasteiger partial charge on any atom is -0.469 e. The molecule has 0 amide bonds. The zero-order valence-corrected chi connectivity index (χ0v) is 19.5. The molecule has 0 fully saturated rings. The quantitative estimate of drug-likeness (QED) is 0.137. The van der Waals surface area contributed by atoms with E-state index in [1.807, 2.05) is 0 Å². The second-order valence-corrected chi connectivity index (χ2v) is 8.07. The first-order valence-corrected chi connectivity index (χ1v) is 11.3. The molecule has 9 heteroatoms. The summed E-state index contributed by atoms with van der Waals surface area (Å²) in [4.78, 5) is 8.53. The molecule has 1 aromatic heterocycles. The van der Waals surface area contributed by atoms with Gasteiger partial charge < -0.3 is 4.74 Å². The summed E-state index contributed by atoms with van der Waals surface area (Å²) < 4.78 is 86.6. The third kappa shape index (κ3) is 5.99. The Balaban J connectivity index is 1.45. The van der Waals surface area contributed by atoms with Crippen molar-refractivity contribution in [1.29, 1.82) is 0 Å². The minimum atomic E-state index is -1.54. The number of benzene rings is 3. The number of ether oxygens (including phenoxy) is 1. The number of hydrogen-bond donors (Lipinski definition) is 0. The Bertz CT molecular complexity index is 1410. The molecule has 190 valence electrons. The number of aromatic nitrogens is 2. The van der Waals surface area contributed by atoms with E-state index in [1.54, 1.807) is 25.1 Å². The van der Waals surface area contributed by atoms with Gasteiger partial charge in [0.05, 0.1) is 6.61 Å². The van der Waals surface area contributed by atoms with E-state index in [-0.39, 0.29) is 36.4 Å². The molecule has 4 aromatic rings. The zero-order chi connectivity index (χ0) is 26.5. The fourth-order valence-corrected chi connectivity index (χ4v) is 3.66. The van der Waals surface area contributed by atoms with E-state index in [9.17, 15) is 26.3 Å². The molecule has 0 radical (unpaired) electrons. The molecule has 0 aliphatic rings. The van der Waals surface area contributed by atoms with E-state index >= 15 is 0 Å². The van der Waals surface area contributed by atoms with Crippen LogP contribution in [0.15, 0.2) is 73.0 Å². The van der Waals surface area contributed by atoms with E-state index in [1.165, 1.54) is 36.7 Å². The van der Waals surface area contributed by atoms with Crippen LogP contribution in [0.25, 0.3) is 28.3 Å². The smallest absolute Gasteiger partial charge is 0.309 e. The fourth-order valence-electron chi connectivity index (χ4n) is 3.66. The molecule has 0 N–H and O–H groups in total. The van der Waals surface area contributed by atoms with Gasteiger partial charge in [-0.15, -0.1) is 0 Å². The van der Waals surface area contributed by atoms with Crippen molar-refractivity contribution in [3.63, 3.8) is 0 Å². The van der Waals surface area contributed by atoms with Crippen LogP contribution in [0.5, 0.6) is 0 Å². The number of rotatable bonds is 8. The van der Waals surface area contributed by atoms with Gasteiger partial charge in [0, 0.05) is 29.1 Å². The van der Waals surface area contributed by atoms with Crippen molar-refractivity contribution in [2.45, 2.75) is 19.8 Å². The summed E-state index contributed by atoms with van der Waals surface area (Å²) in [5.41, 5.74) is 2.24. The summed E-state index contributed by atoms with van der Waals surface area (Å²) in [5, 5.41) is 0. The van der Waals surface area contributed by atoms with Crippen molar-refractivity contribution in [1.82, 2.24) is 9.97 Å². The van der Waals surface area contributed by atoms with Crippen LogP contribution in [0.1, 0.15) is 23.6 Å². The van der Waals surface area contributed by atoms with Gasteiger partial charge in [0.25, 0.3) is 0 Å². The highest BCUT2D eigenvalue weighted by Crippen LogP contribution is 2.27. The van der Waals surface area contributed by atoms with Gasteiger partial charge >= 0.3 is 6.01 Å². The summed E-state index contributed by atoms with van der Waals surface area (Å²) in [7, 11) is 0. The first-order chi connectivity index (χ1) is 17.8. The Morgan fingerprint density at radius 3 is 1.95 bits per heavy atom. The molecule has 1 heterocycles. The van der Waals surface area contributed by atoms with Crippen LogP contribution in [0.3, 0.4) is 0 Å². The van der Waals surface area contributed by atoms with Gasteiger partial charge in [0.2, 0.25) is 5.83 Å². The summed E-state index contributed by atoms with van der Waals surface area (Å²) in [5.74, 6) is -5.49. The van der Waals surface area contributed by atoms with Crippen molar-refractivity contribution in [2.75, 3.05) is 6.61 Å². The Morgan fingerprint density at radius 2 is 1.35 bits per heavy atom. The van der Waals surface area contributed by atoms with Gasteiger partial charge in [0.15, 0.2) is 23.3 Å². The highest BCUT2D eigenvalue weighted by molar-refractivity contribution is 5.68. The predicted octanol–water partition coefficient (Wildman–Crippen LogP) is 7.75. The molecule has 0 saturated carbocycles. The molecule has 0 aliphatic heterocycles. The topological polar surface area (TPSA) is 35.0 Å². The van der Waals surface area contributed by atoms with Crippen LogP contribution in [-0.4, -0.2) is 16.6 Å². The van der Waals surface area contributed by atoms with Crippen molar-refractivity contribution in [2.24, 2.45) is 0 Å². The molecule has 0 saturated heterocycles. The largest absolute Gasteiger partial charge is 0.469 e. The molecule has 37 heavy (non-hydrogen) atoms. The molecular weight excluding hydrogens is 494 g/mol. The van der Waals surface area contributed by atoms with E-state index < -0.39 is 35.1 Å². The third-order valence-corrected chi connectivity index (χ3v) is 5.61. The second-order valence-electron chi connectivity index (χ2n) is 8.07. The van der Waals surface area contributed by atoms with Crippen LogP contribution >= 0.6 is 0 Å². The molecule has 3 nitrogen and oxygen atoms in total. The SMILES string of the molecule is CCOC(F)=C(F)c1ccc(-c2cnc(-c3ccc(CCc4cc(F)c(F)c(F)c4)c(F)c3)nc2)cc1. The van der Waals surface area contributed by atoms with Gasteiger partial charge in [-0.05, 0) is 54.7 Å². The average Bonchev–Trinajstić information content (AvgIpc) is 2.91. The number of halogens is 6. The first-order valence-electron chi connectivity index (χ1n) is 11.3. The van der Waals surface area contributed by atoms with Crippen LogP contribution in [-0.2, 0) is 17.6 Å². The number of aryl methyl sites for hydroxylation is 2. The average molecular weight is 514 g/mol. The standard InChI is InChI=1S/C28H20F6N2O/c1-2-37-27(34)25(32)19-8-5-17(6-9-19)21-14-35-28(36-15-21)20-10-7-18(22(29)13-20)4-3-16-11-23(30)26(33)24(31)12-16/h5-15H,2-4H2,1H3. The first kappa shape index (κ1) is 25.9. The molecule has 0 atom stereocenters. The van der Waals surface area contributed by atoms with E-state index in [0.717, 1.165) is 12.1 Å². The normalized spacial score (nSPS) is 11.9. The minimum absolute atomic E-state index is 0.00605. The molecule has 0 spiro atoms. The molecular formula is C28H20F6N2O. The Hall–Kier alpha value is -4.14. The highest BCUT2D eigenvalue weighted by Gasteiger charge is 2.13. The maximum absolute atomic E-state index is 14.7. The van der Waals surface area contributed by atoms with Crippen molar-refractivity contribution < 1.29 is 31.1 Å². The van der Waals surface area contributed by atoms with Gasteiger partial charge in [-0.3, -0.25) is 0 Å². The lowest BCUT2D eigenvalue weighted by Gasteiger charge is -2.08. The fraction of sp³-hybridized carbons (Fsp3) is 0.143. The van der Waals surface area contributed by atoms with Crippen molar-refractivity contribution in [3.05, 3.63) is 113 Å². The Morgan fingerprint density at radius 1 is 0.730 bits per heavy atom. The summed E-state index contributed by atoms with van der Waals surface area (Å²) in [6.07, 6.45) is 3.31. The summed E-state index contributed by atoms with van der Waals surface area (Å²) >= 11 is 0. The van der Waals surface area contributed by atoms with Crippen LogP contribution in [0.2, 0.25) is 0 Å². The van der Waals surface area contributed by atoms with Crippen molar-refractivity contribution in [3.8, 4) is 22.5 Å². The van der Waals surface area contributed by atoms with Gasteiger partial charge in [-0.1, -0.05) is 36.4 Å². The predicted molar refractivity (Wildman–Crippen MR) is 127 cm³/mol. The van der Waals surface area contributed by atoms with Crippen LogP contribution in [0.4, 0.5) is 26.3 Å². The Kier molecular flexibility index (Phi) is 7.91. The van der Waals surface area contributed by atoms with E-state index in [2.05, 4.69) is 14.7 Å². The van der Waals surface area contributed by atoms with Gasteiger partial charge in [-0.2, -0.15) is 8.78 Å². The summed E-state index contributed by atoms with van der Waals surface area (Å²) in [6, 6.07) is 10.9. The Labute approximate surface area is 209 Å².